The monoisotopic (exact) mass is 457 g/mol. The third-order valence-corrected chi connectivity index (χ3v) is 7.26. The van der Waals surface area contributed by atoms with Crippen LogP contribution in [0.2, 0.25) is 0 Å². The number of hydrogen-bond acceptors (Lipinski definition) is 9. The van der Waals surface area contributed by atoms with E-state index >= 15 is 0 Å². The molecule has 0 fully saturated rings. The molecule has 0 unspecified atom stereocenters. The zero-order valence-electron chi connectivity index (χ0n) is 16.5. The second-order valence-electron chi connectivity index (χ2n) is 7.22. The third-order valence-electron chi connectivity index (χ3n) is 5.14. The van der Waals surface area contributed by atoms with Gasteiger partial charge in [0.2, 0.25) is 5.16 Å². The van der Waals surface area contributed by atoms with Crippen LogP contribution in [-0.2, 0) is 25.2 Å². The quantitative estimate of drug-likeness (QED) is 0.334. The highest BCUT2D eigenvalue weighted by atomic mass is 32.2. The molecule has 0 bridgehead atoms. The van der Waals surface area contributed by atoms with E-state index < -0.39 is 0 Å². The molecule has 160 valence electrons. The molecule has 3 heterocycles. The molecule has 8 nitrogen and oxygen atoms in total. The van der Waals surface area contributed by atoms with Gasteiger partial charge in [0.1, 0.15) is 34.6 Å². The fourth-order valence-electron chi connectivity index (χ4n) is 3.61. The van der Waals surface area contributed by atoms with Gasteiger partial charge in [0, 0.05) is 4.88 Å². The zero-order chi connectivity index (χ0) is 21.4. The molecule has 4 aromatic rings. The molecule has 0 spiro atoms. The van der Waals surface area contributed by atoms with E-state index in [0.717, 1.165) is 23.1 Å². The molecule has 4 N–H and O–H groups in total. The molecule has 0 amide bonds. The van der Waals surface area contributed by atoms with Crippen molar-refractivity contribution in [1.82, 2.24) is 24.8 Å². The Morgan fingerprint density at radius 3 is 2.77 bits per heavy atom. The van der Waals surface area contributed by atoms with E-state index in [1.54, 1.807) is 23.5 Å². The van der Waals surface area contributed by atoms with Crippen LogP contribution in [0.1, 0.15) is 34.9 Å². The van der Waals surface area contributed by atoms with Crippen molar-refractivity contribution < 1.29 is 9.13 Å². The predicted molar refractivity (Wildman–Crippen MR) is 119 cm³/mol. The van der Waals surface area contributed by atoms with Crippen molar-refractivity contribution in [1.29, 1.82) is 0 Å². The first-order valence-electron chi connectivity index (χ1n) is 9.85. The van der Waals surface area contributed by atoms with Crippen LogP contribution >= 0.6 is 23.1 Å². The highest BCUT2D eigenvalue weighted by Gasteiger charge is 2.20. The first-order chi connectivity index (χ1) is 15.1. The lowest BCUT2D eigenvalue weighted by molar-refractivity contribution is 0.291. The lowest BCUT2D eigenvalue weighted by Gasteiger charge is -2.10. The maximum absolute atomic E-state index is 13.0. The van der Waals surface area contributed by atoms with Gasteiger partial charge in [0.05, 0.1) is 11.1 Å². The summed E-state index contributed by atoms with van der Waals surface area (Å²) in [4.78, 5) is 11.6. The standard InChI is InChI=1S/C20H20FN7OS2/c21-11-5-7-12(8-6-11)29-9-16-26-27-20(28(16)23)30-10-15-24-18(22)17-13-3-1-2-4-14(13)31-19(17)25-15/h5-8H,1-4,9-10,23H2,(H2,22,24,25). The molecule has 0 atom stereocenters. The Labute approximate surface area is 185 Å². The SMILES string of the molecule is Nc1nc(CSc2nnc(COc3ccc(F)cc3)n2N)nc2sc3c(c12)CCCC3. The summed E-state index contributed by atoms with van der Waals surface area (Å²) in [6.07, 6.45) is 4.56. The summed E-state index contributed by atoms with van der Waals surface area (Å²) < 4.78 is 20.0. The average Bonchev–Trinajstić information content (AvgIpc) is 3.32. The van der Waals surface area contributed by atoms with E-state index in [9.17, 15) is 4.39 Å². The Bertz CT molecular complexity index is 1240. The number of aryl methyl sites for hydroxylation is 2. The van der Waals surface area contributed by atoms with Crippen LogP contribution < -0.4 is 16.3 Å². The third kappa shape index (κ3) is 4.02. The molecule has 0 saturated heterocycles. The summed E-state index contributed by atoms with van der Waals surface area (Å²) in [5, 5.41) is 9.74. The molecule has 0 aliphatic heterocycles. The number of fused-ring (bicyclic) bond motifs is 3. The van der Waals surface area contributed by atoms with E-state index in [1.165, 1.54) is 51.9 Å². The number of nitrogens with two attached hydrogens (primary N) is 2. The van der Waals surface area contributed by atoms with Crippen molar-refractivity contribution in [2.45, 2.75) is 43.2 Å². The Hall–Kier alpha value is -2.92. The van der Waals surface area contributed by atoms with Crippen LogP contribution in [0.3, 0.4) is 0 Å². The minimum Gasteiger partial charge on any atom is -0.486 e. The van der Waals surface area contributed by atoms with Gasteiger partial charge in [-0.3, -0.25) is 0 Å². The van der Waals surface area contributed by atoms with Gasteiger partial charge in [-0.05, 0) is 55.5 Å². The Morgan fingerprint density at radius 2 is 1.94 bits per heavy atom. The van der Waals surface area contributed by atoms with E-state index in [-0.39, 0.29) is 12.4 Å². The average molecular weight is 458 g/mol. The van der Waals surface area contributed by atoms with E-state index in [2.05, 4.69) is 15.2 Å². The fraction of sp³-hybridized carbons (Fsp3) is 0.300. The summed E-state index contributed by atoms with van der Waals surface area (Å²) in [7, 11) is 0. The van der Waals surface area contributed by atoms with Gasteiger partial charge in [-0.2, -0.15) is 0 Å². The Balaban J connectivity index is 1.28. The minimum atomic E-state index is -0.322. The van der Waals surface area contributed by atoms with E-state index in [1.807, 2.05) is 0 Å². The van der Waals surface area contributed by atoms with Gasteiger partial charge in [-0.25, -0.2) is 19.0 Å². The van der Waals surface area contributed by atoms with Crippen LogP contribution in [0.5, 0.6) is 5.75 Å². The van der Waals surface area contributed by atoms with Crippen LogP contribution in [0.4, 0.5) is 10.2 Å². The summed E-state index contributed by atoms with van der Waals surface area (Å²) in [6, 6.07) is 5.75. The number of thioether (sulfide) groups is 1. The molecule has 3 aromatic heterocycles. The number of anilines is 1. The topological polar surface area (TPSA) is 118 Å². The number of hydrogen-bond donors (Lipinski definition) is 2. The van der Waals surface area contributed by atoms with Gasteiger partial charge in [-0.15, -0.1) is 21.5 Å². The smallest absolute Gasteiger partial charge is 0.210 e. The molecule has 31 heavy (non-hydrogen) atoms. The van der Waals surface area contributed by atoms with Crippen molar-refractivity contribution in [3.63, 3.8) is 0 Å². The number of nitrogens with zero attached hydrogens (tertiary/aromatic N) is 5. The summed E-state index contributed by atoms with van der Waals surface area (Å²) in [5.41, 5.74) is 7.61. The van der Waals surface area contributed by atoms with Gasteiger partial charge in [0.15, 0.2) is 5.82 Å². The van der Waals surface area contributed by atoms with Gasteiger partial charge >= 0.3 is 0 Å². The van der Waals surface area contributed by atoms with Crippen molar-refractivity contribution in [2.24, 2.45) is 0 Å². The minimum absolute atomic E-state index is 0.117. The van der Waals surface area contributed by atoms with Crippen molar-refractivity contribution >= 4 is 39.1 Å². The first-order valence-corrected chi connectivity index (χ1v) is 11.7. The number of thiophene rings is 1. The summed E-state index contributed by atoms with van der Waals surface area (Å²) in [5.74, 6) is 8.42. The highest BCUT2D eigenvalue weighted by molar-refractivity contribution is 7.98. The highest BCUT2D eigenvalue weighted by Crippen LogP contribution is 2.38. The molecule has 5 rings (SSSR count). The van der Waals surface area contributed by atoms with E-state index in [0.29, 0.717) is 34.1 Å². The van der Waals surface area contributed by atoms with Crippen molar-refractivity contribution in [3.8, 4) is 5.75 Å². The molecule has 1 aliphatic carbocycles. The fourth-order valence-corrected chi connectivity index (χ4v) is 5.63. The molecule has 1 aromatic carbocycles. The number of benzene rings is 1. The number of rotatable bonds is 6. The van der Waals surface area contributed by atoms with Crippen LogP contribution in [-0.4, -0.2) is 24.8 Å². The number of nitrogen functional groups attached to an aromatic ring is 2. The summed E-state index contributed by atoms with van der Waals surface area (Å²) in [6.45, 7) is 0.117. The van der Waals surface area contributed by atoms with Crippen molar-refractivity contribution in [3.05, 3.63) is 52.2 Å². The van der Waals surface area contributed by atoms with Crippen LogP contribution in [0.25, 0.3) is 10.2 Å². The number of aromatic nitrogens is 5. The van der Waals surface area contributed by atoms with E-state index in [4.69, 9.17) is 21.3 Å². The largest absolute Gasteiger partial charge is 0.486 e. The van der Waals surface area contributed by atoms with Crippen molar-refractivity contribution in [2.75, 3.05) is 11.6 Å². The lowest BCUT2D eigenvalue weighted by Crippen LogP contribution is -2.15. The Morgan fingerprint density at radius 1 is 1.13 bits per heavy atom. The molecular formula is C20H20FN7OS2. The maximum atomic E-state index is 13.0. The molecule has 0 radical (unpaired) electrons. The second kappa shape index (κ2) is 8.31. The van der Waals surface area contributed by atoms with Gasteiger partial charge in [0.25, 0.3) is 0 Å². The predicted octanol–water partition coefficient (Wildman–Crippen LogP) is 3.47. The van der Waals surface area contributed by atoms with Gasteiger partial charge in [-0.1, -0.05) is 11.8 Å². The molecule has 0 saturated carbocycles. The molecule has 1 aliphatic rings. The lowest BCUT2D eigenvalue weighted by atomic mass is 9.97. The summed E-state index contributed by atoms with van der Waals surface area (Å²) >= 11 is 3.10. The number of halogens is 1. The van der Waals surface area contributed by atoms with Crippen LogP contribution in [0, 0.1) is 5.82 Å². The molecular weight excluding hydrogens is 437 g/mol. The second-order valence-corrected chi connectivity index (χ2v) is 9.24. The normalized spacial score (nSPS) is 13.5. The maximum Gasteiger partial charge on any atom is 0.210 e. The first kappa shape index (κ1) is 20.0. The zero-order valence-corrected chi connectivity index (χ0v) is 18.2. The van der Waals surface area contributed by atoms with Gasteiger partial charge < -0.3 is 16.3 Å². The number of ether oxygens (including phenoxy) is 1. The Kier molecular flexibility index (Phi) is 5.36. The van der Waals surface area contributed by atoms with Crippen LogP contribution in [0.15, 0.2) is 29.4 Å². The molecule has 11 heteroatoms.